The van der Waals surface area contributed by atoms with E-state index < -0.39 is 0 Å². The van der Waals surface area contributed by atoms with Gasteiger partial charge in [0.1, 0.15) is 5.52 Å². The van der Waals surface area contributed by atoms with Crippen LogP contribution in [0, 0.1) is 0 Å². The highest BCUT2D eigenvalue weighted by Gasteiger charge is 2.02. The Kier molecular flexibility index (Phi) is 4.30. The van der Waals surface area contributed by atoms with Crippen LogP contribution in [0.5, 0.6) is 0 Å². The number of hydrogen-bond donors (Lipinski definition) is 2. The number of carbonyl (C=O) groups excluding carboxylic acids is 1. The standard InChI is InChI=1S/C13H17N3O2/c1-14-6-5-13(17)15-7-4-10-2-3-11-12(8-10)18-9-16-11/h2-3,8-9,14H,4-7H2,1H3,(H,15,17). The molecule has 0 saturated carbocycles. The zero-order chi connectivity index (χ0) is 12.8. The summed E-state index contributed by atoms with van der Waals surface area (Å²) >= 11 is 0. The summed E-state index contributed by atoms with van der Waals surface area (Å²) in [5.41, 5.74) is 2.78. The number of oxazole rings is 1. The Hall–Kier alpha value is -1.88. The molecule has 1 amide bonds. The first kappa shape index (κ1) is 12.6. The minimum atomic E-state index is 0.0742. The van der Waals surface area contributed by atoms with Crippen molar-refractivity contribution in [3.05, 3.63) is 30.2 Å². The van der Waals surface area contributed by atoms with E-state index in [1.54, 1.807) is 0 Å². The molecule has 5 heteroatoms. The third-order valence-electron chi connectivity index (χ3n) is 2.73. The zero-order valence-electron chi connectivity index (χ0n) is 10.4. The molecule has 2 N–H and O–H groups in total. The normalized spacial score (nSPS) is 10.7. The molecule has 0 aliphatic rings. The van der Waals surface area contributed by atoms with E-state index in [2.05, 4.69) is 15.6 Å². The summed E-state index contributed by atoms with van der Waals surface area (Å²) in [6, 6.07) is 5.89. The van der Waals surface area contributed by atoms with Crippen LogP contribution >= 0.6 is 0 Å². The number of amides is 1. The fourth-order valence-electron chi connectivity index (χ4n) is 1.73. The Morgan fingerprint density at radius 3 is 3.11 bits per heavy atom. The third-order valence-corrected chi connectivity index (χ3v) is 2.73. The second-order valence-electron chi connectivity index (χ2n) is 4.11. The average Bonchev–Trinajstić information content (AvgIpc) is 2.83. The fraction of sp³-hybridized carbons (Fsp3) is 0.385. The molecule has 2 rings (SSSR count). The molecular weight excluding hydrogens is 230 g/mol. The molecule has 18 heavy (non-hydrogen) atoms. The molecule has 1 aromatic carbocycles. The number of aromatic nitrogens is 1. The van der Waals surface area contributed by atoms with Gasteiger partial charge in [-0.05, 0) is 31.2 Å². The number of carbonyl (C=O) groups is 1. The van der Waals surface area contributed by atoms with Crippen LogP contribution in [0.4, 0.5) is 0 Å². The predicted molar refractivity (Wildman–Crippen MR) is 69.3 cm³/mol. The topological polar surface area (TPSA) is 67.2 Å². The molecule has 1 heterocycles. The maximum Gasteiger partial charge on any atom is 0.221 e. The van der Waals surface area contributed by atoms with Gasteiger partial charge < -0.3 is 15.1 Å². The number of hydrogen-bond acceptors (Lipinski definition) is 4. The summed E-state index contributed by atoms with van der Waals surface area (Å²) in [6.07, 6.45) is 2.74. The van der Waals surface area contributed by atoms with Gasteiger partial charge in [0.15, 0.2) is 12.0 Å². The van der Waals surface area contributed by atoms with Crippen molar-refractivity contribution in [1.29, 1.82) is 0 Å². The monoisotopic (exact) mass is 247 g/mol. The zero-order valence-corrected chi connectivity index (χ0v) is 10.4. The van der Waals surface area contributed by atoms with E-state index in [4.69, 9.17) is 4.42 Å². The van der Waals surface area contributed by atoms with Gasteiger partial charge in [0.2, 0.25) is 5.91 Å². The number of nitrogens with one attached hydrogen (secondary N) is 2. The number of fused-ring (bicyclic) bond motifs is 1. The lowest BCUT2D eigenvalue weighted by molar-refractivity contribution is -0.120. The minimum Gasteiger partial charge on any atom is -0.443 e. The molecule has 2 aromatic rings. The summed E-state index contributed by atoms with van der Waals surface area (Å²) in [5.74, 6) is 0.0742. The number of benzene rings is 1. The Morgan fingerprint density at radius 2 is 2.28 bits per heavy atom. The highest BCUT2D eigenvalue weighted by molar-refractivity contribution is 5.76. The first-order valence-electron chi connectivity index (χ1n) is 6.03. The van der Waals surface area contributed by atoms with Gasteiger partial charge in [-0.3, -0.25) is 4.79 Å². The molecule has 0 unspecified atom stereocenters. The van der Waals surface area contributed by atoms with Gasteiger partial charge in [0.05, 0.1) is 0 Å². The van der Waals surface area contributed by atoms with Crippen molar-refractivity contribution >= 4 is 17.0 Å². The van der Waals surface area contributed by atoms with Crippen molar-refractivity contribution in [2.75, 3.05) is 20.1 Å². The Morgan fingerprint density at radius 1 is 1.39 bits per heavy atom. The Labute approximate surface area is 106 Å². The van der Waals surface area contributed by atoms with Crippen LogP contribution in [0.1, 0.15) is 12.0 Å². The Bertz CT molecular complexity index is 522. The SMILES string of the molecule is CNCCC(=O)NCCc1ccc2ncoc2c1. The summed E-state index contributed by atoms with van der Waals surface area (Å²) in [6.45, 7) is 1.35. The van der Waals surface area contributed by atoms with Crippen molar-refractivity contribution in [3.63, 3.8) is 0 Å². The maximum absolute atomic E-state index is 11.4. The van der Waals surface area contributed by atoms with Crippen molar-refractivity contribution < 1.29 is 9.21 Å². The average molecular weight is 247 g/mol. The van der Waals surface area contributed by atoms with E-state index in [1.165, 1.54) is 6.39 Å². The van der Waals surface area contributed by atoms with Gasteiger partial charge >= 0.3 is 0 Å². The number of nitrogens with zero attached hydrogens (tertiary/aromatic N) is 1. The summed E-state index contributed by atoms with van der Waals surface area (Å²) < 4.78 is 5.23. The van der Waals surface area contributed by atoms with Crippen LogP contribution in [0.15, 0.2) is 29.0 Å². The summed E-state index contributed by atoms with van der Waals surface area (Å²) in [5, 5.41) is 5.83. The van der Waals surface area contributed by atoms with E-state index in [-0.39, 0.29) is 5.91 Å². The van der Waals surface area contributed by atoms with Gasteiger partial charge in [-0.2, -0.15) is 0 Å². The second-order valence-corrected chi connectivity index (χ2v) is 4.11. The molecule has 1 aromatic heterocycles. The molecular formula is C13H17N3O2. The van der Waals surface area contributed by atoms with Crippen molar-refractivity contribution in [2.45, 2.75) is 12.8 Å². The lowest BCUT2D eigenvalue weighted by atomic mass is 10.1. The first-order valence-corrected chi connectivity index (χ1v) is 6.03. The van der Waals surface area contributed by atoms with E-state index in [1.807, 2.05) is 25.2 Å². The molecule has 5 nitrogen and oxygen atoms in total. The highest BCUT2D eigenvalue weighted by atomic mass is 16.3. The summed E-state index contributed by atoms with van der Waals surface area (Å²) in [7, 11) is 1.83. The van der Waals surface area contributed by atoms with Crippen LogP contribution in [0.25, 0.3) is 11.1 Å². The van der Waals surface area contributed by atoms with Gasteiger partial charge in [0.25, 0.3) is 0 Å². The molecule has 0 saturated heterocycles. The Balaban J connectivity index is 1.81. The predicted octanol–water partition coefficient (Wildman–Crippen LogP) is 1.10. The van der Waals surface area contributed by atoms with Gasteiger partial charge in [-0.15, -0.1) is 0 Å². The molecule has 0 bridgehead atoms. The van der Waals surface area contributed by atoms with Gasteiger partial charge in [-0.1, -0.05) is 6.07 Å². The lowest BCUT2D eigenvalue weighted by Crippen LogP contribution is -2.28. The van der Waals surface area contributed by atoms with E-state index in [0.29, 0.717) is 19.5 Å². The van der Waals surface area contributed by atoms with Crippen LogP contribution in [0.3, 0.4) is 0 Å². The lowest BCUT2D eigenvalue weighted by Gasteiger charge is -2.05. The van der Waals surface area contributed by atoms with Crippen LogP contribution in [0.2, 0.25) is 0 Å². The quantitative estimate of drug-likeness (QED) is 0.802. The van der Waals surface area contributed by atoms with Crippen molar-refractivity contribution in [3.8, 4) is 0 Å². The van der Waals surface area contributed by atoms with Crippen LogP contribution in [-0.4, -0.2) is 31.0 Å². The maximum atomic E-state index is 11.4. The van der Waals surface area contributed by atoms with E-state index >= 15 is 0 Å². The third kappa shape index (κ3) is 3.30. The van der Waals surface area contributed by atoms with Crippen LogP contribution < -0.4 is 10.6 Å². The second kappa shape index (κ2) is 6.16. The van der Waals surface area contributed by atoms with Gasteiger partial charge in [0, 0.05) is 19.5 Å². The first-order chi connectivity index (χ1) is 8.79. The fourth-order valence-corrected chi connectivity index (χ4v) is 1.73. The van der Waals surface area contributed by atoms with E-state index in [9.17, 15) is 4.79 Å². The molecule has 96 valence electrons. The largest absolute Gasteiger partial charge is 0.443 e. The molecule has 0 aliphatic carbocycles. The molecule has 0 spiro atoms. The molecule has 0 atom stereocenters. The van der Waals surface area contributed by atoms with Crippen molar-refractivity contribution in [1.82, 2.24) is 15.6 Å². The van der Waals surface area contributed by atoms with E-state index in [0.717, 1.165) is 23.1 Å². The molecule has 0 aliphatic heterocycles. The smallest absolute Gasteiger partial charge is 0.221 e. The highest BCUT2D eigenvalue weighted by Crippen LogP contribution is 2.14. The van der Waals surface area contributed by atoms with Gasteiger partial charge in [-0.25, -0.2) is 4.98 Å². The molecule has 0 fully saturated rings. The number of rotatable bonds is 6. The molecule has 0 radical (unpaired) electrons. The van der Waals surface area contributed by atoms with Crippen molar-refractivity contribution in [2.24, 2.45) is 0 Å². The van der Waals surface area contributed by atoms with Crippen LogP contribution in [-0.2, 0) is 11.2 Å². The summed E-state index contributed by atoms with van der Waals surface area (Å²) in [4.78, 5) is 15.4. The minimum absolute atomic E-state index is 0.0742.